The fourth-order valence-electron chi connectivity index (χ4n) is 2.33. The summed E-state index contributed by atoms with van der Waals surface area (Å²) in [5, 5.41) is 6.48. The molecule has 26 heavy (non-hydrogen) atoms. The van der Waals surface area contributed by atoms with Gasteiger partial charge in [-0.2, -0.15) is 5.10 Å². The van der Waals surface area contributed by atoms with Gasteiger partial charge in [-0.25, -0.2) is 9.59 Å². The lowest BCUT2D eigenvalue weighted by Gasteiger charge is -2.16. The molecule has 1 atom stereocenters. The van der Waals surface area contributed by atoms with Crippen LogP contribution >= 0.6 is 0 Å². The van der Waals surface area contributed by atoms with Crippen LogP contribution in [0.1, 0.15) is 21.6 Å². The highest BCUT2D eigenvalue weighted by Crippen LogP contribution is 2.08. The van der Waals surface area contributed by atoms with Gasteiger partial charge in [0.2, 0.25) is 0 Å². The van der Waals surface area contributed by atoms with Crippen LogP contribution in [0.15, 0.2) is 36.5 Å². The number of carbonyl (C=O) groups is 3. The van der Waals surface area contributed by atoms with E-state index in [1.54, 1.807) is 14.0 Å². The number of benzene rings is 1. The molecule has 2 aromatic rings. The predicted octanol–water partition coefficient (Wildman–Crippen LogP) is 0.786. The Morgan fingerprint density at radius 2 is 1.92 bits per heavy atom. The van der Waals surface area contributed by atoms with Gasteiger partial charge in [-0.1, -0.05) is 30.3 Å². The minimum absolute atomic E-state index is 0.273. The average Bonchev–Trinajstić information content (AvgIpc) is 2.98. The van der Waals surface area contributed by atoms with Crippen LogP contribution in [0.2, 0.25) is 0 Å². The Morgan fingerprint density at radius 1 is 1.23 bits per heavy atom. The van der Waals surface area contributed by atoms with Gasteiger partial charge in [0.15, 0.2) is 6.61 Å². The third-order valence-corrected chi connectivity index (χ3v) is 3.89. The zero-order valence-electron chi connectivity index (χ0n) is 14.9. The molecule has 0 aliphatic carbocycles. The van der Waals surface area contributed by atoms with Crippen molar-refractivity contribution in [3.05, 3.63) is 53.3 Å². The number of carbonyl (C=O) groups excluding carboxylic acids is 3. The number of nitrogens with one attached hydrogen (secondary N) is 1. The number of aryl methyl sites for hydroxylation is 1. The topological polar surface area (TPSA) is 99.5 Å². The third-order valence-electron chi connectivity index (χ3n) is 3.89. The van der Waals surface area contributed by atoms with Crippen molar-refractivity contribution >= 4 is 17.8 Å². The Hall–Kier alpha value is -3.16. The molecule has 1 heterocycles. The van der Waals surface area contributed by atoms with Crippen molar-refractivity contribution in [1.82, 2.24) is 15.1 Å². The second kappa shape index (κ2) is 8.80. The average molecular weight is 359 g/mol. The van der Waals surface area contributed by atoms with Gasteiger partial charge in [0.25, 0.3) is 5.91 Å². The lowest BCUT2D eigenvalue weighted by Crippen LogP contribution is -2.44. The molecule has 0 aliphatic heterocycles. The molecule has 1 aromatic heterocycles. The number of nitrogens with zero attached hydrogens (tertiary/aromatic N) is 2. The van der Waals surface area contributed by atoms with Gasteiger partial charge in [0.1, 0.15) is 11.6 Å². The first-order valence-corrected chi connectivity index (χ1v) is 7.99. The molecule has 0 radical (unpaired) electrons. The summed E-state index contributed by atoms with van der Waals surface area (Å²) in [6, 6.07) is 8.34. The Kier molecular flexibility index (Phi) is 6.48. The van der Waals surface area contributed by atoms with Crippen molar-refractivity contribution in [2.24, 2.45) is 7.05 Å². The highest BCUT2D eigenvalue weighted by molar-refractivity contribution is 5.92. The molecule has 8 heteroatoms. The third kappa shape index (κ3) is 4.92. The smallest absolute Gasteiger partial charge is 0.342 e. The van der Waals surface area contributed by atoms with Crippen LogP contribution in [-0.2, 0) is 32.5 Å². The maximum atomic E-state index is 12.1. The second-order valence-electron chi connectivity index (χ2n) is 5.68. The van der Waals surface area contributed by atoms with Crippen molar-refractivity contribution in [2.75, 3.05) is 13.7 Å². The van der Waals surface area contributed by atoms with Crippen molar-refractivity contribution in [3.63, 3.8) is 0 Å². The van der Waals surface area contributed by atoms with Crippen LogP contribution in [0.4, 0.5) is 0 Å². The quantitative estimate of drug-likeness (QED) is 0.734. The fourth-order valence-corrected chi connectivity index (χ4v) is 2.33. The van der Waals surface area contributed by atoms with E-state index >= 15 is 0 Å². The maximum Gasteiger partial charge on any atom is 0.342 e. The Bertz CT molecular complexity index is 785. The van der Waals surface area contributed by atoms with Gasteiger partial charge in [-0.05, 0) is 12.5 Å². The van der Waals surface area contributed by atoms with Gasteiger partial charge in [0.05, 0.1) is 13.3 Å². The number of rotatable bonds is 7. The zero-order valence-corrected chi connectivity index (χ0v) is 14.9. The van der Waals surface area contributed by atoms with E-state index < -0.39 is 30.5 Å². The van der Waals surface area contributed by atoms with E-state index in [2.05, 4.69) is 10.4 Å². The fraction of sp³-hybridized carbons (Fsp3) is 0.333. The summed E-state index contributed by atoms with van der Waals surface area (Å²) < 4.78 is 11.3. The zero-order chi connectivity index (χ0) is 19.1. The van der Waals surface area contributed by atoms with Gasteiger partial charge in [-0.15, -0.1) is 0 Å². The standard InChI is InChI=1S/C18H21N3O5/c1-12-14(10-19-21(12)2)17(23)26-11-16(22)20-15(18(24)25-3)9-13-7-5-4-6-8-13/h4-8,10,15H,9,11H2,1-3H3,(H,20,22). The molecular formula is C18H21N3O5. The Balaban J connectivity index is 1.93. The van der Waals surface area contributed by atoms with Crippen LogP contribution in [0.3, 0.4) is 0 Å². The summed E-state index contributed by atoms with van der Waals surface area (Å²) >= 11 is 0. The van der Waals surface area contributed by atoms with Crippen LogP contribution in [0.25, 0.3) is 0 Å². The van der Waals surface area contributed by atoms with E-state index in [0.717, 1.165) is 5.56 Å². The Labute approximate surface area is 151 Å². The van der Waals surface area contributed by atoms with E-state index in [1.807, 2.05) is 30.3 Å². The van der Waals surface area contributed by atoms with E-state index in [1.165, 1.54) is 18.0 Å². The molecule has 0 fully saturated rings. The summed E-state index contributed by atoms with van der Waals surface area (Å²) in [5.41, 5.74) is 1.78. The monoisotopic (exact) mass is 359 g/mol. The van der Waals surface area contributed by atoms with Crippen LogP contribution in [0, 0.1) is 6.92 Å². The van der Waals surface area contributed by atoms with Gasteiger partial charge < -0.3 is 14.8 Å². The van der Waals surface area contributed by atoms with Gasteiger partial charge in [0, 0.05) is 19.2 Å². The lowest BCUT2D eigenvalue weighted by molar-refractivity contribution is -0.145. The second-order valence-corrected chi connectivity index (χ2v) is 5.68. The SMILES string of the molecule is COC(=O)C(Cc1ccccc1)NC(=O)COC(=O)c1cnn(C)c1C. The summed E-state index contributed by atoms with van der Waals surface area (Å²) in [7, 11) is 2.95. The predicted molar refractivity (Wildman–Crippen MR) is 92.3 cm³/mol. The first kappa shape index (κ1) is 19.2. The number of amides is 1. The number of esters is 2. The number of aromatic nitrogens is 2. The van der Waals surface area contributed by atoms with Crippen molar-refractivity contribution in [2.45, 2.75) is 19.4 Å². The molecule has 1 amide bonds. The largest absolute Gasteiger partial charge is 0.467 e. The minimum atomic E-state index is -0.867. The summed E-state index contributed by atoms with van der Waals surface area (Å²) in [6.07, 6.45) is 1.65. The van der Waals surface area contributed by atoms with Crippen molar-refractivity contribution in [3.8, 4) is 0 Å². The first-order chi connectivity index (χ1) is 12.4. The van der Waals surface area contributed by atoms with Crippen LogP contribution in [-0.4, -0.2) is 47.4 Å². The molecule has 0 aliphatic rings. The van der Waals surface area contributed by atoms with Crippen molar-refractivity contribution in [1.29, 1.82) is 0 Å². The molecule has 1 aromatic carbocycles. The molecule has 138 valence electrons. The number of ether oxygens (including phenoxy) is 2. The highest BCUT2D eigenvalue weighted by atomic mass is 16.5. The number of methoxy groups -OCH3 is 1. The highest BCUT2D eigenvalue weighted by Gasteiger charge is 2.23. The maximum absolute atomic E-state index is 12.1. The van der Waals surface area contributed by atoms with Crippen molar-refractivity contribution < 1.29 is 23.9 Å². The normalized spacial score (nSPS) is 11.5. The molecule has 0 bridgehead atoms. The van der Waals surface area contributed by atoms with Gasteiger partial charge >= 0.3 is 11.9 Å². The molecule has 0 saturated carbocycles. The summed E-state index contributed by atoms with van der Waals surface area (Å²) in [5.74, 6) is -1.81. The molecule has 0 spiro atoms. The minimum Gasteiger partial charge on any atom is -0.467 e. The molecule has 2 rings (SSSR count). The lowest BCUT2D eigenvalue weighted by atomic mass is 10.1. The molecule has 8 nitrogen and oxygen atoms in total. The molecule has 1 N–H and O–H groups in total. The van der Waals surface area contributed by atoms with E-state index in [9.17, 15) is 14.4 Å². The summed E-state index contributed by atoms with van der Waals surface area (Å²) in [4.78, 5) is 36.0. The number of hydrogen-bond donors (Lipinski definition) is 1. The van der Waals surface area contributed by atoms with Crippen LogP contribution in [0.5, 0.6) is 0 Å². The molecule has 0 saturated heterocycles. The van der Waals surface area contributed by atoms with Gasteiger partial charge in [-0.3, -0.25) is 9.48 Å². The first-order valence-electron chi connectivity index (χ1n) is 7.99. The molecular weight excluding hydrogens is 338 g/mol. The van der Waals surface area contributed by atoms with E-state index in [4.69, 9.17) is 9.47 Å². The summed E-state index contributed by atoms with van der Waals surface area (Å²) in [6.45, 7) is 1.21. The number of hydrogen-bond acceptors (Lipinski definition) is 6. The van der Waals surface area contributed by atoms with E-state index in [-0.39, 0.29) is 12.0 Å². The van der Waals surface area contributed by atoms with Crippen LogP contribution < -0.4 is 5.32 Å². The van der Waals surface area contributed by atoms with E-state index in [0.29, 0.717) is 5.69 Å². The molecule has 1 unspecified atom stereocenters. The Morgan fingerprint density at radius 3 is 2.50 bits per heavy atom.